The van der Waals surface area contributed by atoms with Crippen LogP contribution in [0.4, 0.5) is 0 Å². The van der Waals surface area contributed by atoms with Gasteiger partial charge in [0.2, 0.25) is 0 Å². The fourth-order valence-corrected chi connectivity index (χ4v) is 3.25. The van der Waals surface area contributed by atoms with Gasteiger partial charge < -0.3 is 13.8 Å². The highest BCUT2D eigenvalue weighted by atomic mass is 16.5. The van der Waals surface area contributed by atoms with Crippen molar-refractivity contribution in [3.8, 4) is 5.75 Å². The van der Waals surface area contributed by atoms with Gasteiger partial charge in [-0.2, -0.15) is 0 Å². The first-order chi connectivity index (χ1) is 12.7. The summed E-state index contributed by atoms with van der Waals surface area (Å²) in [5, 5.41) is 12.8. The van der Waals surface area contributed by atoms with Gasteiger partial charge in [-0.25, -0.2) is 0 Å². The number of hydrogen-bond acceptors (Lipinski definition) is 7. The molecule has 0 amide bonds. The highest BCUT2D eigenvalue weighted by molar-refractivity contribution is 5.15. The maximum atomic E-state index is 5.79. The van der Waals surface area contributed by atoms with Crippen molar-refractivity contribution >= 4 is 0 Å². The molecule has 1 atom stereocenters. The zero-order valence-corrected chi connectivity index (χ0v) is 15.0. The van der Waals surface area contributed by atoms with Gasteiger partial charge in [-0.05, 0) is 26.0 Å². The van der Waals surface area contributed by atoms with Crippen LogP contribution in [0, 0.1) is 6.92 Å². The van der Waals surface area contributed by atoms with E-state index in [1.807, 2.05) is 25.1 Å². The molecule has 0 aliphatic carbocycles. The lowest BCUT2D eigenvalue weighted by molar-refractivity contribution is 0.195. The maximum absolute atomic E-state index is 5.79. The predicted molar refractivity (Wildman–Crippen MR) is 93.4 cm³/mol. The maximum Gasteiger partial charge on any atom is 0.171 e. The first-order valence-electron chi connectivity index (χ1n) is 8.79. The molecule has 3 aromatic heterocycles. The minimum Gasteiger partial charge on any atom is -0.484 e. The molecule has 0 saturated heterocycles. The van der Waals surface area contributed by atoms with E-state index in [4.69, 9.17) is 9.26 Å². The summed E-state index contributed by atoms with van der Waals surface area (Å²) < 4.78 is 13.1. The van der Waals surface area contributed by atoms with Gasteiger partial charge >= 0.3 is 0 Å². The molecule has 8 heteroatoms. The van der Waals surface area contributed by atoms with Crippen LogP contribution in [0.1, 0.15) is 30.0 Å². The van der Waals surface area contributed by atoms with E-state index in [2.05, 4.69) is 36.7 Å². The Morgan fingerprint density at radius 3 is 3.00 bits per heavy atom. The lowest BCUT2D eigenvalue weighted by Gasteiger charge is -2.25. The van der Waals surface area contributed by atoms with Crippen molar-refractivity contribution in [2.24, 2.45) is 0 Å². The summed E-state index contributed by atoms with van der Waals surface area (Å²) in [5.74, 6) is 3.42. The molecule has 1 aliphatic rings. The highest BCUT2D eigenvalue weighted by Crippen LogP contribution is 2.18. The monoisotopic (exact) mass is 354 g/mol. The van der Waals surface area contributed by atoms with Gasteiger partial charge in [0.15, 0.2) is 5.82 Å². The predicted octanol–water partition coefficient (Wildman–Crippen LogP) is 2.00. The van der Waals surface area contributed by atoms with Crippen molar-refractivity contribution in [2.45, 2.75) is 46.0 Å². The summed E-state index contributed by atoms with van der Waals surface area (Å²) in [5.41, 5.74) is 0.965. The Bertz CT molecular complexity index is 860. The molecular formula is C18H22N6O2. The Balaban J connectivity index is 1.44. The molecular weight excluding hydrogens is 332 g/mol. The van der Waals surface area contributed by atoms with E-state index in [-0.39, 0.29) is 0 Å². The zero-order valence-electron chi connectivity index (χ0n) is 15.0. The largest absolute Gasteiger partial charge is 0.484 e. The Morgan fingerprint density at radius 2 is 2.23 bits per heavy atom. The average molecular weight is 354 g/mol. The number of fused-ring (bicyclic) bond motifs is 1. The molecule has 0 bridgehead atoms. The normalized spacial score (nSPS) is 17.7. The molecule has 26 heavy (non-hydrogen) atoms. The number of aryl methyl sites for hydroxylation is 1. The van der Waals surface area contributed by atoms with Crippen LogP contribution in [0.5, 0.6) is 5.75 Å². The van der Waals surface area contributed by atoms with E-state index in [1.54, 1.807) is 12.4 Å². The number of ether oxygens (including phenoxy) is 1. The van der Waals surface area contributed by atoms with Crippen molar-refractivity contribution in [2.75, 3.05) is 6.54 Å². The van der Waals surface area contributed by atoms with Crippen LogP contribution in [0.2, 0.25) is 0 Å². The first kappa shape index (κ1) is 16.7. The Morgan fingerprint density at radius 1 is 1.31 bits per heavy atom. The lowest BCUT2D eigenvalue weighted by atomic mass is 10.2. The van der Waals surface area contributed by atoms with Crippen LogP contribution in [-0.2, 0) is 26.1 Å². The molecule has 0 radical (unpaired) electrons. The van der Waals surface area contributed by atoms with Gasteiger partial charge in [0.1, 0.15) is 23.9 Å². The molecule has 0 aromatic carbocycles. The van der Waals surface area contributed by atoms with Crippen molar-refractivity contribution < 1.29 is 9.26 Å². The smallest absolute Gasteiger partial charge is 0.171 e. The van der Waals surface area contributed by atoms with Crippen LogP contribution >= 0.6 is 0 Å². The van der Waals surface area contributed by atoms with Gasteiger partial charge in [-0.1, -0.05) is 5.16 Å². The highest BCUT2D eigenvalue weighted by Gasteiger charge is 2.24. The topological polar surface area (TPSA) is 82.1 Å². The molecule has 4 rings (SSSR count). The Kier molecular flexibility index (Phi) is 4.66. The molecule has 0 fully saturated rings. The van der Waals surface area contributed by atoms with E-state index in [9.17, 15) is 0 Å². The fraction of sp³-hybridized carbons (Fsp3) is 0.444. The van der Waals surface area contributed by atoms with Crippen molar-refractivity contribution in [3.63, 3.8) is 0 Å². The van der Waals surface area contributed by atoms with E-state index in [0.29, 0.717) is 12.6 Å². The summed E-state index contributed by atoms with van der Waals surface area (Å²) >= 11 is 0. The standard InChI is InChI=1S/C18H22N6O2/c1-13-8-17-20-21-18(12-25-16-4-3-5-19-10-16)24(17)7-6-23(13)11-15-9-14(2)26-22-15/h3-5,9-10,13H,6-8,11-12H2,1-2H3/t13-/m1/s1. The fourth-order valence-electron chi connectivity index (χ4n) is 3.25. The Hall–Kier alpha value is -2.74. The van der Waals surface area contributed by atoms with Crippen LogP contribution < -0.4 is 4.74 Å². The number of hydrogen-bond donors (Lipinski definition) is 0. The second-order valence-corrected chi connectivity index (χ2v) is 6.61. The van der Waals surface area contributed by atoms with Crippen LogP contribution in [0.3, 0.4) is 0 Å². The number of aromatic nitrogens is 5. The molecule has 0 unspecified atom stereocenters. The summed E-state index contributed by atoms with van der Waals surface area (Å²) in [6.07, 6.45) is 4.27. The second kappa shape index (κ2) is 7.25. The van der Waals surface area contributed by atoms with Gasteiger partial charge in [0.25, 0.3) is 0 Å². The second-order valence-electron chi connectivity index (χ2n) is 6.61. The average Bonchev–Trinajstić information content (AvgIpc) is 3.19. The number of pyridine rings is 1. The van der Waals surface area contributed by atoms with Crippen molar-refractivity contribution in [1.29, 1.82) is 0 Å². The number of nitrogens with zero attached hydrogens (tertiary/aromatic N) is 6. The van der Waals surface area contributed by atoms with Gasteiger partial charge in [0.05, 0.1) is 11.9 Å². The lowest BCUT2D eigenvalue weighted by Crippen LogP contribution is -2.34. The minimum atomic E-state index is 0.351. The summed E-state index contributed by atoms with van der Waals surface area (Å²) in [6.45, 7) is 7.02. The summed E-state index contributed by atoms with van der Waals surface area (Å²) in [6, 6.07) is 6.08. The van der Waals surface area contributed by atoms with E-state index in [1.165, 1.54) is 0 Å². The SMILES string of the molecule is Cc1cc(CN2CCn3c(COc4cccnc4)nnc3C[C@H]2C)no1. The van der Waals surface area contributed by atoms with Gasteiger partial charge in [-0.3, -0.25) is 9.88 Å². The molecule has 4 heterocycles. The van der Waals surface area contributed by atoms with Gasteiger partial charge in [-0.15, -0.1) is 10.2 Å². The third kappa shape index (κ3) is 3.60. The molecule has 8 nitrogen and oxygen atoms in total. The van der Waals surface area contributed by atoms with E-state index >= 15 is 0 Å². The molecule has 3 aromatic rings. The Labute approximate surface area is 151 Å². The van der Waals surface area contributed by atoms with Crippen LogP contribution in [-0.4, -0.2) is 42.4 Å². The third-order valence-corrected chi connectivity index (χ3v) is 4.66. The molecule has 0 saturated carbocycles. The molecule has 0 spiro atoms. The van der Waals surface area contributed by atoms with Crippen LogP contribution in [0.25, 0.3) is 0 Å². The van der Waals surface area contributed by atoms with Crippen LogP contribution in [0.15, 0.2) is 35.1 Å². The van der Waals surface area contributed by atoms with Gasteiger partial charge in [0, 0.05) is 44.4 Å². The minimum absolute atomic E-state index is 0.351. The van der Waals surface area contributed by atoms with Crippen molar-refractivity contribution in [1.82, 2.24) is 29.8 Å². The molecule has 0 N–H and O–H groups in total. The van der Waals surface area contributed by atoms with E-state index in [0.717, 1.165) is 54.9 Å². The first-order valence-corrected chi connectivity index (χ1v) is 8.79. The summed E-state index contributed by atoms with van der Waals surface area (Å²) in [4.78, 5) is 6.46. The summed E-state index contributed by atoms with van der Waals surface area (Å²) in [7, 11) is 0. The molecule has 1 aliphatic heterocycles. The third-order valence-electron chi connectivity index (χ3n) is 4.66. The quantitative estimate of drug-likeness (QED) is 0.693. The zero-order chi connectivity index (χ0) is 17.9. The number of rotatable bonds is 5. The van der Waals surface area contributed by atoms with E-state index < -0.39 is 0 Å². The molecule has 136 valence electrons. The van der Waals surface area contributed by atoms with Crippen molar-refractivity contribution in [3.05, 3.63) is 53.7 Å².